The van der Waals surface area contributed by atoms with Gasteiger partial charge in [0.1, 0.15) is 0 Å². The van der Waals surface area contributed by atoms with Gasteiger partial charge < -0.3 is 10.2 Å². The zero-order chi connectivity index (χ0) is 13.8. The molecule has 0 heterocycles. The summed E-state index contributed by atoms with van der Waals surface area (Å²) in [7, 11) is 1.84. The third-order valence-corrected chi connectivity index (χ3v) is 3.75. The van der Waals surface area contributed by atoms with E-state index in [1.807, 2.05) is 19.2 Å². The number of hydrogen-bond donors (Lipinski definition) is 1. The van der Waals surface area contributed by atoms with Crippen molar-refractivity contribution in [1.29, 1.82) is 0 Å². The number of para-hydroxylation sites is 1. The third kappa shape index (κ3) is 4.27. The topological polar surface area (TPSA) is 32.3 Å². The lowest BCUT2D eigenvalue weighted by Crippen LogP contribution is -2.24. The molecule has 1 aliphatic rings. The van der Waals surface area contributed by atoms with Crippen LogP contribution in [0.5, 0.6) is 0 Å². The van der Waals surface area contributed by atoms with Crippen LogP contribution >= 0.6 is 0 Å². The van der Waals surface area contributed by atoms with E-state index in [1.165, 1.54) is 24.8 Å². The monoisotopic (exact) mass is 260 g/mol. The summed E-state index contributed by atoms with van der Waals surface area (Å²) in [5.41, 5.74) is 2.34. The summed E-state index contributed by atoms with van der Waals surface area (Å²) in [5.74, 6) is 1.02. The Kier molecular flexibility index (Phi) is 4.46. The molecule has 1 fully saturated rings. The van der Waals surface area contributed by atoms with Gasteiger partial charge in [0.15, 0.2) is 0 Å². The number of carbonyl (C=O) groups is 1. The van der Waals surface area contributed by atoms with Crippen LogP contribution in [-0.2, 0) is 11.3 Å². The van der Waals surface area contributed by atoms with Crippen LogP contribution in [0.1, 0.15) is 38.7 Å². The molecular weight excluding hydrogens is 236 g/mol. The maximum Gasteiger partial charge on any atom is 0.219 e. The highest BCUT2D eigenvalue weighted by molar-refractivity contribution is 5.73. The van der Waals surface area contributed by atoms with Crippen LogP contribution in [0.3, 0.4) is 0 Å². The van der Waals surface area contributed by atoms with Gasteiger partial charge in [0, 0.05) is 32.2 Å². The predicted molar refractivity (Wildman–Crippen MR) is 79.0 cm³/mol. The van der Waals surface area contributed by atoms with E-state index in [9.17, 15) is 4.79 Å². The molecule has 2 rings (SSSR count). The highest BCUT2D eigenvalue weighted by atomic mass is 16.2. The number of hydrogen-bond acceptors (Lipinski definition) is 2. The highest BCUT2D eigenvalue weighted by Gasteiger charge is 2.23. The fourth-order valence-corrected chi connectivity index (χ4v) is 2.34. The zero-order valence-corrected chi connectivity index (χ0v) is 12.1. The lowest BCUT2D eigenvalue weighted by Gasteiger charge is -2.21. The second-order valence-electron chi connectivity index (χ2n) is 5.76. The first-order valence-corrected chi connectivity index (χ1v) is 7.12. The minimum Gasteiger partial charge on any atom is -0.382 e. The van der Waals surface area contributed by atoms with Crippen LogP contribution in [0.4, 0.5) is 5.69 Å². The Labute approximate surface area is 116 Å². The van der Waals surface area contributed by atoms with Crippen LogP contribution < -0.4 is 5.32 Å². The molecule has 0 saturated heterocycles. The van der Waals surface area contributed by atoms with E-state index in [2.05, 4.69) is 24.4 Å². The number of benzene rings is 1. The van der Waals surface area contributed by atoms with Gasteiger partial charge in [0.05, 0.1) is 0 Å². The normalized spacial score (nSPS) is 15.9. The third-order valence-electron chi connectivity index (χ3n) is 3.75. The van der Waals surface area contributed by atoms with Gasteiger partial charge in [-0.15, -0.1) is 0 Å². The van der Waals surface area contributed by atoms with Crippen molar-refractivity contribution in [3.63, 3.8) is 0 Å². The summed E-state index contributed by atoms with van der Waals surface area (Å²) in [6.07, 6.45) is 4.03. The highest BCUT2D eigenvalue weighted by Crippen LogP contribution is 2.34. The molecule has 1 N–H and O–H groups in total. The molecule has 1 saturated carbocycles. The minimum absolute atomic E-state index is 0.0980. The summed E-state index contributed by atoms with van der Waals surface area (Å²) in [5, 5.41) is 3.59. The number of nitrogens with one attached hydrogen (secondary N) is 1. The van der Waals surface area contributed by atoms with Crippen LogP contribution in [-0.4, -0.2) is 23.9 Å². The maximum absolute atomic E-state index is 11.3. The molecule has 0 radical (unpaired) electrons. The van der Waals surface area contributed by atoms with Crippen molar-refractivity contribution in [3.8, 4) is 0 Å². The first kappa shape index (κ1) is 13.9. The van der Waals surface area contributed by atoms with Crippen LogP contribution in [0.25, 0.3) is 0 Å². The second-order valence-corrected chi connectivity index (χ2v) is 5.76. The summed E-state index contributed by atoms with van der Waals surface area (Å²) >= 11 is 0. The van der Waals surface area contributed by atoms with Gasteiger partial charge >= 0.3 is 0 Å². The van der Waals surface area contributed by atoms with Gasteiger partial charge in [-0.25, -0.2) is 0 Å². The molecule has 1 aliphatic carbocycles. The van der Waals surface area contributed by atoms with Crippen molar-refractivity contribution in [2.75, 3.05) is 12.4 Å². The van der Waals surface area contributed by atoms with Crippen molar-refractivity contribution < 1.29 is 4.79 Å². The van der Waals surface area contributed by atoms with Crippen molar-refractivity contribution in [2.45, 2.75) is 45.7 Å². The maximum atomic E-state index is 11.3. The van der Waals surface area contributed by atoms with E-state index < -0.39 is 0 Å². The second kappa shape index (κ2) is 6.09. The molecule has 3 nitrogen and oxygen atoms in total. The number of amides is 1. The van der Waals surface area contributed by atoms with E-state index in [4.69, 9.17) is 0 Å². The molecule has 3 heteroatoms. The molecule has 0 aliphatic heterocycles. The van der Waals surface area contributed by atoms with Crippen LogP contribution in [0.2, 0.25) is 0 Å². The number of anilines is 1. The molecule has 104 valence electrons. The molecule has 0 aromatic heterocycles. The Balaban J connectivity index is 2.00. The molecular formula is C16H24N2O. The lowest BCUT2D eigenvalue weighted by atomic mass is 10.1. The molecule has 1 aromatic carbocycles. The Bertz CT molecular complexity index is 440. The fourth-order valence-electron chi connectivity index (χ4n) is 2.34. The SMILES string of the molecule is CC(=O)N(C)Cc1ccccc1NC(C)CC1CC1. The summed E-state index contributed by atoms with van der Waals surface area (Å²) in [6.45, 7) is 4.50. The summed E-state index contributed by atoms with van der Waals surface area (Å²) in [6, 6.07) is 8.76. The first-order valence-electron chi connectivity index (χ1n) is 7.12. The smallest absolute Gasteiger partial charge is 0.219 e. The fraction of sp³-hybridized carbons (Fsp3) is 0.562. The molecule has 0 bridgehead atoms. The van der Waals surface area contributed by atoms with E-state index >= 15 is 0 Å². The largest absolute Gasteiger partial charge is 0.382 e. The standard InChI is InChI=1S/C16H24N2O/c1-12(10-14-8-9-14)17-16-7-5-4-6-15(16)11-18(3)13(2)19/h4-7,12,14,17H,8-11H2,1-3H3. The van der Waals surface area contributed by atoms with E-state index in [1.54, 1.807) is 11.8 Å². The molecule has 19 heavy (non-hydrogen) atoms. The van der Waals surface area contributed by atoms with E-state index in [-0.39, 0.29) is 5.91 Å². The van der Waals surface area contributed by atoms with Crippen LogP contribution in [0.15, 0.2) is 24.3 Å². The number of rotatable bonds is 6. The van der Waals surface area contributed by atoms with Gasteiger partial charge in [-0.3, -0.25) is 4.79 Å². The van der Waals surface area contributed by atoms with E-state index in [0.717, 1.165) is 11.6 Å². The number of carbonyl (C=O) groups excluding carboxylic acids is 1. The summed E-state index contributed by atoms with van der Waals surface area (Å²) in [4.78, 5) is 13.1. The predicted octanol–water partition coefficient (Wildman–Crippen LogP) is 3.27. The van der Waals surface area contributed by atoms with Crippen molar-refractivity contribution >= 4 is 11.6 Å². The Morgan fingerprint density at radius 3 is 2.74 bits per heavy atom. The van der Waals surface area contributed by atoms with Crippen molar-refractivity contribution in [2.24, 2.45) is 5.92 Å². The molecule has 1 amide bonds. The quantitative estimate of drug-likeness (QED) is 0.851. The van der Waals surface area contributed by atoms with Gasteiger partial charge in [0.2, 0.25) is 5.91 Å². The Hall–Kier alpha value is -1.51. The van der Waals surface area contributed by atoms with Gasteiger partial charge in [-0.1, -0.05) is 31.0 Å². The Morgan fingerprint density at radius 2 is 2.11 bits per heavy atom. The Morgan fingerprint density at radius 1 is 1.42 bits per heavy atom. The molecule has 1 atom stereocenters. The van der Waals surface area contributed by atoms with E-state index in [0.29, 0.717) is 12.6 Å². The van der Waals surface area contributed by atoms with Gasteiger partial charge in [0.25, 0.3) is 0 Å². The average molecular weight is 260 g/mol. The molecule has 0 spiro atoms. The van der Waals surface area contributed by atoms with Crippen LogP contribution in [0, 0.1) is 5.92 Å². The summed E-state index contributed by atoms with van der Waals surface area (Å²) < 4.78 is 0. The van der Waals surface area contributed by atoms with Gasteiger partial charge in [-0.05, 0) is 30.9 Å². The van der Waals surface area contributed by atoms with Gasteiger partial charge in [-0.2, -0.15) is 0 Å². The molecule has 1 aromatic rings. The zero-order valence-electron chi connectivity index (χ0n) is 12.1. The van der Waals surface area contributed by atoms with Crippen molar-refractivity contribution in [3.05, 3.63) is 29.8 Å². The average Bonchev–Trinajstić information content (AvgIpc) is 3.15. The van der Waals surface area contributed by atoms with Crippen molar-refractivity contribution in [1.82, 2.24) is 4.90 Å². The minimum atomic E-state index is 0.0980. The molecule has 1 unspecified atom stereocenters. The first-order chi connectivity index (χ1) is 9.06. The number of nitrogens with zero attached hydrogens (tertiary/aromatic N) is 1. The lowest BCUT2D eigenvalue weighted by molar-refractivity contribution is -0.128.